The van der Waals surface area contributed by atoms with Gasteiger partial charge in [-0.2, -0.15) is 0 Å². The molecule has 0 aliphatic heterocycles. The van der Waals surface area contributed by atoms with E-state index >= 15 is 0 Å². The number of benzene rings is 3. The van der Waals surface area contributed by atoms with Crippen molar-refractivity contribution in [3.8, 4) is 11.1 Å². The lowest BCUT2D eigenvalue weighted by atomic mass is 9.85. The van der Waals surface area contributed by atoms with Crippen LogP contribution in [0.3, 0.4) is 0 Å². The molecule has 0 unspecified atom stereocenters. The van der Waals surface area contributed by atoms with E-state index in [1.54, 1.807) is 0 Å². The van der Waals surface area contributed by atoms with Gasteiger partial charge in [-0.25, -0.2) is 0 Å². The molecule has 2 heteroatoms. The third-order valence-corrected chi connectivity index (χ3v) is 6.24. The molecule has 3 rings (SSSR count). The van der Waals surface area contributed by atoms with Crippen molar-refractivity contribution in [2.24, 2.45) is 0 Å². The minimum absolute atomic E-state index is 0.0727. The molecule has 0 heterocycles. The highest BCUT2D eigenvalue weighted by atomic mass is 31.1. The second-order valence-corrected chi connectivity index (χ2v) is 8.36. The van der Waals surface area contributed by atoms with Gasteiger partial charge >= 0.3 is 0 Å². The molecule has 0 saturated heterocycles. The van der Waals surface area contributed by atoms with E-state index in [-0.39, 0.29) is 8.46 Å². The molecular weight excluding hydrogens is 347 g/mol. The van der Waals surface area contributed by atoms with E-state index in [1.165, 1.54) is 55.6 Å². The second kappa shape index (κ2) is 7.79. The largest absolute Gasteiger partial charge is 0.269 e. The van der Waals surface area contributed by atoms with Gasteiger partial charge in [-0.3, -0.25) is 4.57 Å². The van der Waals surface area contributed by atoms with E-state index in [1.807, 2.05) is 12.1 Å². The fourth-order valence-electron chi connectivity index (χ4n) is 4.08. The van der Waals surface area contributed by atoms with Crippen LogP contribution >= 0.6 is 8.46 Å². The van der Waals surface area contributed by atoms with Gasteiger partial charge in [0, 0.05) is 5.30 Å². The molecule has 138 valence electrons. The molecule has 0 amide bonds. The highest BCUT2D eigenvalue weighted by molar-refractivity contribution is 7.34. The van der Waals surface area contributed by atoms with Gasteiger partial charge < -0.3 is 0 Å². The first-order valence-electron chi connectivity index (χ1n) is 9.42. The van der Waals surface area contributed by atoms with Crippen LogP contribution in [-0.4, -0.2) is 0 Å². The molecule has 0 spiro atoms. The third kappa shape index (κ3) is 3.89. The van der Waals surface area contributed by atoms with Crippen molar-refractivity contribution in [2.45, 2.75) is 48.0 Å². The first kappa shape index (κ1) is 19.5. The van der Waals surface area contributed by atoms with Gasteiger partial charge in [0.15, 0.2) is 8.46 Å². The lowest BCUT2D eigenvalue weighted by Gasteiger charge is -2.19. The Bertz CT molecular complexity index is 990. The van der Waals surface area contributed by atoms with E-state index < -0.39 is 0 Å². The first-order chi connectivity index (χ1) is 12.8. The average Bonchev–Trinajstić information content (AvgIpc) is 2.63. The van der Waals surface area contributed by atoms with Crippen LogP contribution in [0.15, 0.2) is 42.5 Å². The van der Waals surface area contributed by atoms with Crippen LogP contribution in [0.4, 0.5) is 0 Å². The molecule has 0 atom stereocenters. The predicted molar refractivity (Wildman–Crippen MR) is 117 cm³/mol. The zero-order valence-corrected chi connectivity index (χ0v) is 18.0. The summed E-state index contributed by atoms with van der Waals surface area (Å²) in [5.41, 5.74) is 13.4. The van der Waals surface area contributed by atoms with Crippen molar-refractivity contribution in [1.29, 1.82) is 0 Å². The van der Waals surface area contributed by atoms with Crippen molar-refractivity contribution in [3.63, 3.8) is 0 Å². The summed E-state index contributed by atoms with van der Waals surface area (Å²) in [6.45, 7) is 13.3. The Morgan fingerprint density at radius 2 is 1.26 bits per heavy atom. The summed E-state index contributed by atoms with van der Waals surface area (Å²) in [5.74, 6) is 0. The minimum Gasteiger partial charge on any atom is -0.269 e. The zero-order valence-electron chi connectivity index (χ0n) is 17.1. The highest BCUT2D eigenvalue weighted by Crippen LogP contribution is 2.32. The van der Waals surface area contributed by atoms with Crippen molar-refractivity contribution >= 4 is 13.8 Å². The molecule has 1 nitrogen and oxygen atoms in total. The highest BCUT2D eigenvalue weighted by Gasteiger charge is 2.14. The number of aryl methyl sites for hydroxylation is 4. The Kier molecular flexibility index (Phi) is 5.63. The molecule has 3 aromatic carbocycles. The van der Waals surface area contributed by atoms with Gasteiger partial charge in [-0.15, -0.1) is 0 Å². The van der Waals surface area contributed by atoms with Crippen molar-refractivity contribution in [3.05, 3.63) is 87.0 Å². The lowest BCUT2D eigenvalue weighted by molar-refractivity contribution is 0.603. The van der Waals surface area contributed by atoms with Crippen LogP contribution < -0.4 is 5.30 Å². The Morgan fingerprint density at radius 1 is 0.704 bits per heavy atom. The fraction of sp³-hybridized carbons (Fsp3) is 0.280. The van der Waals surface area contributed by atoms with E-state index in [0.29, 0.717) is 0 Å². The molecule has 0 N–H and O–H groups in total. The van der Waals surface area contributed by atoms with Gasteiger partial charge in [-0.05, 0) is 110 Å². The number of hydrogen-bond donors (Lipinski definition) is 0. The van der Waals surface area contributed by atoms with Crippen LogP contribution in [0.2, 0.25) is 0 Å². The van der Waals surface area contributed by atoms with Crippen LogP contribution in [-0.2, 0) is 11.0 Å². The average molecular weight is 374 g/mol. The molecule has 0 fully saturated rings. The summed E-state index contributed by atoms with van der Waals surface area (Å²) in [4.78, 5) is 0. The molecule has 0 aliphatic carbocycles. The van der Waals surface area contributed by atoms with E-state index in [0.717, 1.165) is 11.7 Å². The Balaban J connectivity index is 2.06. The van der Waals surface area contributed by atoms with E-state index in [9.17, 15) is 4.57 Å². The summed E-state index contributed by atoms with van der Waals surface area (Å²) in [6.07, 6.45) is 0.977. The van der Waals surface area contributed by atoms with Crippen LogP contribution in [0.1, 0.15) is 44.5 Å². The Morgan fingerprint density at radius 3 is 1.81 bits per heavy atom. The minimum atomic E-state index is 0.0727. The maximum Gasteiger partial charge on any atom is 0.192 e. The Labute approximate surface area is 164 Å². The summed E-state index contributed by atoms with van der Waals surface area (Å²) < 4.78 is 11.0. The molecule has 0 aromatic heterocycles. The van der Waals surface area contributed by atoms with Gasteiger partial charge in [0.1, 0.15) is 0 Å². The normalized spacial score (nSPS) is 11.2. The number of hydrogen-bond acceptors (Lipinski definition) is 1. The second-order valence-electron chi connectivity index (χ2n) is 7.66. The van der Waals surface area contributed by atoms with Gasteiger partial charge in [-0.1, -0.05) is 35.9 Å². The predicted octanol–water partition coefficient (Wildman–Crippen LogP) is 6.71. The maximum absolute atomic E-state index is 11.0. The lowest BCUT2D eigenvalue weighted by Crippen LogP contribution is -2.03. The smallest absolute Gasteiger partial charge is 0.192 e. The van der Waals surface area contributed by atoms with Gasteiger partial charge in [0.2, 0.25) is 0 Å². The quantitative estimate of drug-likeness (QED) is 0.464. The monoisotopic (exact) mass is 374 g/mol. The van der Waals surface area contributed by atoms with Crippen molar-refractivity contribution < 1.29 is 4.57 Å². The summed E-state index contributed by atoms with van der Waals surface area (Å²) in [5, 5.41) is 0.812. The molecule has 27 heavy (non-hydrogen) atoms. The molecule has 0 aliphatic rings. The third-order valence-electron chi connectivity index (χ3n) is 5.73. The molecule has 0 bridgehead atoms. The van der Waals surface area contributed by atoms with E-state index in [4.69, 9.17) is 0 Å². The zero-order chi connectivity index (χ0) is 19.7. The maximum atomic E-state index is 11.0. The SMILES string of the molecule is Cc1cc(C)c(Cc2c(C)cc(-c3ccc(P=O)cc3)c(C)c2C)c(C)c1. The van der Waals surface area contributed by atoms with Crippen LogP contribution in [0.25, 0.3) is 11.1 Å². The standard InChI is InChI=1S/C25H27OP/c1-15-11-16(2)23(17(3)12-15)14-24-18(4)13-25(20(6)19(24)5)21-7-9-22(27-26)10-8-21/h7-13H,14H2,1-6H3. The van der Waals surface area contributed by atoms with E-state index in [2.05, 4.69) is 71.9 Å². The summed E-state index contributed by atoms with van der Waals surface area (Å²) >= 11 is 0. The first-order valence-corrected chi connectivity index (χ1v) is 10.2. The van der Waals surface area contributed by atoms with Gasteiger partial charge in [0.25, 0.3) is 0 Å². The number of rotatable bonds is 4. The molecule has 0 saturated carbocycles. The summed E-state index contributed by atoms with van der Waals surface area (Å²) in [6, 6.07) is 14.9. The Hall–Kier alpha value is -2.24. The molecular formula is C25H27OP. The van der Waals surface area contributed by atoms with Crippen LogP contribution in [0, 0.1) is 41.5 Å². The van der Waals surface area contributed by atoms with Crippen LogP contribution in [0.5, 0.6) is 0 Å². The topological polar surface area (TPSA) is 17.1 Å². The summed E-state index contributed by atoms with van der Waals surface area (Å²) in [7, 11) is 0.0727. The molecule has 0 radical (unpaired) electrons. The van der Waals surface area contributed by atoms with Crippen molar-refractivity contribution in [1.82, 2.24) is 0 Å². The van der Waals surface area contributed by atoms with Crippen molar-refractivity contribution in [2.75, 3.05) is 0 Å². The van der Waals surface area contributed by atoms with Gasteiger partial charge in [0.05, 0.1) is 0 Å². The fourth-order valence-corrected chi connectivity index (χ4v) is 4.35. The molecule has 3 aromatic rings.